The number of nitrogens with zero attached hydrogens (tertiary/aromatic N) is 3. The molecule has 2 aromatic rings. The first-order valence-corrected chi connectivity index (χ1v) is 10.8. The zero-order chi connectivity index (χ0) is 22.5. The van der Waals surface area contributed by atoms with Crippen LogP contribution in [0.25, 0.3) is 0 Å². The van der Waals surface area contributed by atoms with Crippen molar-refractivity contribution in [3.05, 3.63) is 59.7 Å². The van der Waals surface area contributed by atoms with Crippen LogP contribution in [0.3, 0.4) is 0 Å². The Hall–Kier alpha value is -3.15. The van der Waals surface area contributed by atoms with E-state index in [0.29, 0.717) is 5.69 Å². The highest BCUT2D eigenvalue weighted by Crippen LogP contribution is 2.33. The number of benzodiazepines with no additional fused rings is 1. The molecule has 1 heterocycles. The van der Waals surface area contributed by atoms with Gasteiger partial charge in [0.25, 0.3) is 5.91 Å². The lowest BCUT2D eigenvalue weighted by Gasteiger charge is -2.27. The molecule has 0 N–H and O–H groups in total. The van der Waals surface area contributed by atoms with Gasteiger partial charge in [-0.1, -0.05) is 50.6 Å². The number of ether oxygens (including phenoxy) is 1. The van der Waals surface area contributed by atoms with Crippen LogP contribution in [0, 0.1) is 5.92 Å². The van der Waals surface area contributed by atoms with E-state index in [1.807, 2.05) is 81.4 Å². The van der Waals surface area contributed by atoms with Crippen LogP contribution < -0.4 is 9.80 Å². The topological polar surface area (TPSA) is 62.2 Å². The van der Waals surface area contributed by atoms with Crippen LogP contribution in [-0.4, -0.2) is 50.9 Å². The molecule has 3 rings (SSSR count). The molecular formula is C25H31N3O3. The number of carbonyl (C=O) groups excluding carboxylic acids is 2. The van der Waals surface area contributed by atoms with Gasteiger partial charge in [0, 0.05) is 30.9 Å². The van der Waals surface area contributed by atoms with Gasteiger partial charge in [-0.2, -0.15) is 0 Å². The van der Waals surface area contributed by atoms with Crippen molar-refractivity contribution in [2.75, 3.05) is 37.0 Å². The summed E-state index contributed by atoms with van der Waals surface area (Å²) in [5.41, 5.74) is 4.22. The van der Waals surface area contributed by atoms with Gasteiger partial charge in [0.15, 0.2) is 0 Å². The molecule has 1 aliphatic rings. The highest BCUT2D eigenvalue weighted by molar-refractivity contribution is 6.21. The smallest absolute Gasteiger partial charge is 0.326 e. The van der Waals surface area contributed by atoms with Crippen LogP contribution in [0.1, 0.15) is 38.3 Å². The number of aliphatic imine (C=N–C) groups is 1. The average Bonchev–Trinajstić information content (AvgIpc) is 2.88. The number of carbonyl (C=O) groups is 2. The summed E-state index contributed by atoms with van der Waals surface area (Å²) < 4.78 is 5.17. The van der Waals surface area contributed by atoms with Gasteiger partial charge in [-0.25, -0.2) is 0 Å². The molecule has 2 atom stereocenters. The van der Waals surface area contributed by atoms with E-state index in [0.717, 1.165) is 28.9 Å². The number of rotatable bonds is 7. The predicted octanol–water partition coefficient (Wildman–Crippen LogP) is 3.91. The number of fused-ring (bicyclic) bond motifs is 1. The molecule has 0 spiro atoms. The van der Waals surface area contributed by atoms with E-state index in [-0.39, 0.29) is 25.0 Å². The minimum Gasteiger partial charge on any atom is -0.465 e. The molecule has 0 fully saturated rings. The lowest BCUT2D eigenvalue weighted by atomic mass is 9.97. The van der Waals surface area contributed by atoms with Crippen molar-refractivity contribution in [2.45, 2.75) is 33.2 Å². The van der Waals surface area contributed by atoms with E-state index in [1.54, 1.807) is 11.8 Å². The summed E-state index contributed by atoms with van der Waals surface area (Å²) in [6.45, 7) is 5.98. The minimum atomic E-state index is -0.579. The van der Waals surface area contributed by atoms with Gasteiger partial charge in [0.05, 0.1) is 18.0 Å². The van der Waals surface area contributed by atoms with E-state index in [9.17, 15) is 9.59 Å². The second-order valence-electron chi connectivity index (χ2n) is 8.00. The van der Waals surface area contributed by atoms with Gasteiger partial charge in [-0.3, -0.25) is 19.5 Å². The summed E-state index contributed by atoms with van der Waals surface area (Å²) in [7, 11) is 3.95. The summed E-state index contributed by atoms with van der Waals surface area (Å²) in [4.78, 5) is 34.6. The number of hydrogen-bond donors (Lipinski definition) is 0. The van der Waals surface area contributed by atoms with Crippen LogP contribution in [0.5, 0.6) is 0 Å². The molecule has 6 nitrogen and oxygen atoms in total. The normalized spacial score (nSPS) is 16.8. The van der Waals surface area contributed by atoms with E-state index < -0.39 is 12.0 Å². The second-order valence-corrected chi connectivity index (χ2v) is 8.00. The zero-order valence-electron chi connectivity index (χ0n) is 19.0. The van der Waals surface area contributed by atoms with Gasteiger partial charge in [-0.15, -0.1) is 0 Å². The van der Waals surface area contributed by atoms with Crippen LogP contribution in [-0.2, 0) is 14.3 Å². The fraction of sp³-hybridized carbons (Fsp3) is 0.400. The first-order valence-electron chi connectivity index (χ1n) is 10.8. The lowest BCUT2D eigenvalue weighted by Crippen LogP contribution is -2.43. The lowest BCUT2D eigenvalue weighted by molar-refractivity contribution is -0.142. The van der Waals surface area contributed by atoms with Crippen molar-refractivity contribution in [2.24, 2.45) is 10.9 Å². The molecule has 0 radical (unpaired) electrons. The van der Waals surface area contributed by atoms with Crippen molar-refractivity contribution in [3.8, 4) is 0 Å². The van der Waals surface area contributed by atoms with Gasteiger partial charge in [0.2, 0.25) is 0 Å². The summed E-state index contributed by atoms with van der Waals surface area (Å²) in [5.74, 6) is -0.574. The van der Waals surface area contributed by atoms with Crippen LogP contribution in [0.15, 0.2) is 53.5 Å². The molecule has 1 amide bonds. The number of hydrogen-bond acceptors (Lipinski definition) is 5. The number of esters is 1. The molecule has 31 heavy (non-hydrogen) atoms. The highest BCUT2D eigenvalue weighted by Gasteiger charge is 2.36. The first kappa shape index (κ1) is 22.5. The molecule has 164 valence electrons. The maximum atomic E-state index is 13.6. The van der Waals surface area contributed by atoms with E-state index in [1.165, 1.54) is 0 Å². The minimum absolute atomic E-state index is 0.0264. The maximum absolute atomic E-state index is 13.6. The molecule has 0 aliphatic carbocycles. The SMILES string of the molecule is CCOC(=O)CN1C(=O)C([C@@H](C)CC)N=C(c2ccccc2)c2cc(N(C)C)ccc21. The monoisotopic (exact) mass is 421 g/mol. The third-order valence-corrected chi connectivity index (χ3v) is 5.65. The quantitative estimate of drug-likeness (QED) is 0.636. The molecular weight excluding hydrogens is 390 g/mol. The van der Waals surface area contributed by atoms with Crippen molar-refractivity contribution >= 4 is 29.0 Å². The van der Waals surface area contributed by atoms with Crippen LogP contribution in [0.2, 0.25) is 0 Å². The fourth-order valence-corrected chi connectivity index (χ4v) is 3.69. The fourth-order valence-electron chi connectivity index (χ4n) is 3.69. The van der Waals surface area contributed by atoms with Gasteiger partial charge in [0.1, 0.15) is 12.6 Å². The molecule has 0 aromatic heterocycles. The Kier molecular flexibility index (Phi) is 7.10. The van der Waals surface area contributed by atoms with E-state index in [4.69, 9.17) is 9.73 Å². The molecule has 6 heteroatoms. The Morgan fingerprint density at radius 2 is 1.87 bits per heavy atom. The zero-order valence-corrected chi connectivity index (χ0v) is 19.0. The van der Waals surface area contributed by atoms with E-state index >= 15 is 0 Å². The Balaban J connectivity index is 2.25. The van der Waals surface area contributed by atoms with Crippen molar-refractivity contribution < 1.29 is 14.3 Å². The van der Waals surface area contributed by atoms with Crippen molar-refractivity contribution in [1.29, 1.82) is 0 Å². The molecule has 2 aromatic carbocycles. The summed E-state index contributed by atoms with van der Waals surface area (Å²) in [6, 6.07) is 15.2. The molecule has 0 saturated heterocycles. The third-order valence-electron chi connectivity index (χ3n) is 5.65. The summed E-state index contributed by atoms with van der Waals surface area (Å²) >= 11 is 0. The van der Waals surface area contributed by atoms with Crippen molar-refractivity contribution in [1.82, 2.24) is 0 Å². The summed E-state index contributed by atoms with van der Waals surface area (Å²) in [6.07, 6.45) is 0.800. The molecule has 0 bridgehead atoms. The van der Waals surface area contributed by atoms with Gasteiger partial charge in [-0.05, 0) is 31.0 Å². The second kappa shape index (κ2) is 9.77. The van der Waals surface area contributed by atoms with E-state index in [2.05, 4.69) is 0 Å². The third kappa shape index (κ3) is 4.79. The van der Waals surface area contributed by atoms with Gasteiger partial charge >= 0.3 is 5.97 Å². The maximum Gasteiger partial charge on any atom is 0.326 e. The molecule has 1 aliphatic heterocycles. The first-order chi connectivity index (χ1) is 14.9. The predicted molar refractivity (Wildman–Crippen MR) is 125 cm³/mol. The Labute approximate surface area is 184 Å². The van der Waals surface area contributed by atoms with Crippen molar-refractivity contribution in [3.63, 3.8) is 0 Å². The largest absolute Gasteiger partial charge is 0.465 e. The van der Waals surface area contributed by atoms with Crippen LogP contribution >= 0.6 is 0 Å². The number of benzene rings is 2. The molecule has 0 saturated carbocycles. The standard InChI is InChI=1S/C25H31N3O3/c1-6-17(3)23-25(30)28(16-22(29)31-7-2)21-14-13-19(27(4)5)15-20(21)24(26-23)18-11-9-8-10-12-18/h8-15,17,23H,6-7,16H2,1-5H3/t17-,23?/m0/s1. The van der Waals surface area contributed by atoms with Crippen LogP contribution in [0.4, 0.5) is 11.4 Å². The highest BCUT2D eigenvalue weighted by atomic mass is 16.5. The molecule has 1 unspecified atom stereocenters. The van der Waals surface area contributed by atoms with Gasteiger partial charge < -0.3 is 9.64 Å². The summed E-state index contributed by atoms with van der Waals surface area (Å²) in [5, 5.41) is 0. The Morgan fingerprint density at radius 1 is 1.16 bits per heavy atom. The number of anilines is 2. The average molecular weight is 422 g/mol. The number of amides is 1. The Bertz CT molecular complexity index is 969. The Morgan fingerprint density at radius 3 is 2.48 bits per heavy atom.